The van der Waals surface area contributed by atoms with Crippen molar-refractivity contribution in [3.05, 3.63) is 35.6 Å². The van der Waals surface area contributed by atoms with E-state index in [2.05, 4.69) is 6.92 Å². The zero-order valence-corrected chi connectivity index (χ0v) is 7.66. The third-order valence-electron chi connectivity index (χ3n) is 2.45. The first kappa shape index (κ1) is 8.70. The minimum absolute atomic E-state index is 0.102. The quantitative estimate of drug-likeness (QED) is 0.645. The van der Waals surface area contributed by atoms with Gasteiger partial charge in [0.25, 0.3) is 0 Å². The number of hydrogen-bond acceptors (Lipinski definition) is 1. The fourth-order valence-electron chi connectivity index (χ4n) is 1.75. The van der Waals surface area contributed by atoms with Crippen LogP contribution >= 0.6 is 0 Å². The lowest BCUT2D eigenvalue weighted by atomic mass is 10.1. The molecule has 1 aliphatic heterocycles. The molecule has 2 rings (SSSR count). The molecule has 1 nitrogen and oxygen atoms in total. The maximum Gasteiger partial charge on any atom is 0.123 e. The van der Waals surface area contributed by atoms with E-state index in [1.807, 2.05) is 6.07 Å². The third-order valence-corrected chi connectivity index (χ3v) is 2.45. The van der Waals surface area contributed by atoms with Crippen LogP contribution in [0.2, 0.25) is 0 Å². The largest absolute Gasteiger partial charge is 0.371 e. The standard InChI is InChI=1S/C11H13FO/c1-8-5-6-11(13-8)9-3-2-4-10(12)7-9/h2-4,7-8,11H,5-6H2,1H3/t8-,11-/m1/s1. The van der Waals surface area contributed by atoms with Crippen molar-refractivity contribution >= 4 is 0 Å². The summed E-state index contributed by atoms with van der Waals surface area (Å²) < 4.78 is 18.5. The van der Waals surface area contributed by atoms with Gasteiger partial charge in [0.1, 0.15) is 5.82 Å². The van der Waals surface area contributed by atoms with Gasteiger partial charge in [-0.05, 0) is 37.5 Å². The molecular weight excluding hydrogens is 167 g/mol. The fraction of sp³-hybridized carbons (Fsp3) is 0.455. The van der Waals surface area contributed by atoms with E-state index in [9.17, 15) is 4.39 Å². The molecule has 1 aromatic carbocycles. The maximum atomic E-state index is 12.9. The summed E-state index contributed by atoms with van der Waals surface area (Å²) in [5, 5.41) is 0. The molecule has 1 heterocycles. The van der Waals surface area contributed by atoms with Crippen LogP contribution in [0.15, 0.2) is 24.3 Å². The van der Waals surface area contributed by atoms with Crippen LogP contribution in [0.5, 0.6) is 0 Å². The Morgan fingerprint density at radius 2 is 2.23 bits per heavy atom. The van der Waals surface area contributed by atoms with Crippen molar-refractivity contribution < 1.29 is 9.13 Å². The van der Waals surface area contributed by atoms with Gasteiger partial charge in [0.15, 0.2) is 0 Å². The van der Waals surface area contributed by atoms with Crippen molar-refractivity contribution in [3.63, 3.8) is 0 Å². The second-order valence-corrected chi connectivity index (χ2v) is 3.57. The molecular formula is C11H13FO. The molecule has 0 bridgehead atoms. The fourth-order valence-corrected chi connectivity index (χ4v) is 1.75. The molecule has 0 aromatic heterocycles. The van der Waals surface area contributed by atoms with E-state index in [0.717, 1.165) is 18.4 Å². The molecule has 1 aromatic rings. The summed E-state index contributed by atoms with van der Waals surface area (Å²) in [6, 6.07) is 6.67. The van der Waals surface area contributed by atoms with E-state index in [-0.39, 0.29) is 11.9 Å². The van der Waals surface area contributed by atoms with Crippen LogP contribution in [0.25, 0.3) is 0 Å². The third kappa shape index (κ3) is 1.89. The van der Waals surface area contributed by atoms with E-state index < -0.39 is 0 Å². The Hall–Kier alpha value is -0.890. The van der Waals surface area contributed by atoms with Gasteiger partial charge in [-0.1, -0.05) is 12.1 Å². The highest BCUT2D eigenvalue weighted by Gasteiger charge is 2.23. The van der Waals surface area contributed by atoms with Crippen LogP contribution in [-0.4, -0.2) is 6.10 Å². The van der Waals surface area contributed by atoms with Crippen molar-refractivity contribution in [2.75, 3.05) is 0 Å². The Labute approximate surface area is 77.5 Å². The van der Waals surface area contributed by atoms with Gasteiger partial charge in [-0.3, -0.25) is 0 Å². The Morgan fingerprint density at radius 1 is 1.38 bits per heavy atom. The first-order valence-corrected chi connectivity index (χ1v) is 4.66. The monoisotopic (exact) mass is 180 g/mol. The normalized spacial score (nSPS) is 27.8. The first-order chi connectivity index (χ1) is 6.25. The topological polar surface area (TPSA) is 9.23 Å². The average molecular weight is 180 g/mol. The minimum atomic E-state index is -0.180. The molecule has 1 fully saturated rings. The van der Waals surface area contributed by atoms with Crippen LogP contribution in [-0.2, 0) is 4.74 Å². The lowest BCUT2D eigenvalue weighted by Gasteiger charge is -2.10. The summed E-state index contributed by atoms with van der Waals surface area (Å²) in [6.45, 7) is 2.05. The Morgan fingerprint density at radius 3 is 2.85 bits per heavy atom. The van der Waals surface area contributed by atoms with Crippen LogP contribution in [0.4, 0.5) is 4.39 Å². The summed E-state index contributed by atoms with van der Waals surface area (Å²) in [7, 11) is 0. The molecule has 0 saturated carbocycles. The van der Waals surface area contributed by atoms with Gasteiger partial charge in [-0.15, -0.1) is 0 Å². The molecule has 0 aliphatic carbocycles. The zero-order chi connectivity index (χ0) is 9.26. The Kier molecular flexibility index (Phi) is 2.32. The highest BCUT2D eigenvalue weighted by molar-refractivity contribution is 5.19. The smallest absolute Gasteiger partial charge is 0.123 e. The Bertz CT molecular complexity index is 298. The molecule has 2 heteroatoms. The van der Waals surface area contributed by atoms with Crippen molar-refractivity contribution in [2.24, 2.45) is 0 Å². The van der Waals surface area contributed by atoms with Crippen LogP contribution < -0.4 is 0 Å². The summed E-state index contributed by atoms with van der Waals surface area (Å²) in [5.74, 6) is -0.180. The number of rotatable bonds is 1. The molecule has 70 valence electrons. The van der Waals surface area contributed by atoms with E-state index in [4.69, 9.17) is 4.74 Å². The van der Waals surface area contributed by atoms with Gasteiger partial charge >= 0.3 is 0 Å². The molecule has 0 spiro atoms. The van der Waals surface area contributed by atoms with Gasteiger partial charge in [0.2, 0.25) is 0 Å². The predicted octanol–water partition coefficient (Wildman–Crippen LogP) is 3.07. The molecule has 1 aliphatic rings. The average Bonchev–Trinajstić information content (AvgIpc) is 2.52. The van der Waals surface area contributed by atoms with Gasteiger partial charge in [-0.2, -0.15) is 0 Å². The summed E-state index contributed by atoms with van der Waals surface area (Å²) in [5.41, 5.74) is 0.962. The number of halogens is 1. The van der Waals surface area contributed by atoms with Crippen molar-refractivity contribution in [1.82, 2.24) is 0 Å². The first-order valence-electron chi connectivity index (χ1n) is 4.66. The molecule has 2 atom stereocenters. The molecule has 0 amide bonds. The highest BCUT2D eigenvalue weighted by atomic mass is 19.1. The summed E-state index contributed by atoms with van der Waals surface area (Å²) in [6.07, 6.45) is 2.49. The zero-order valence-electron chi connectivity index (χ0n) is 7.66. The van der Waals surface area contributed by atoms with Crippen LogP contribution in [0.1, 0.15) is 31.4 Å². The lowest BCUT2D eigenvalue weighted by molar-refractivity contribution is 0.0554. The van der Waals surface area contributed by atoms with Crippen molar-refractivity contribution in [3.8, 4) is 0 Å². The van der Waals surface area contributed by atoms with E-state index in [0.29, 0.717) is 6.10 Å². The van der Waals surface area contributed by atoms with Crippen LogP contribution in [0, 0.1) is 5.82 Å². The summed E-state index contributed by atoms with van der Waals surface area (Å²) in [4.78, 5) is 0. The number of benzene rings is 1. The van der Waals surface area contributed by atoms with Crippen molar-refractivity contribution in [2.45, 2.75) is 32.0 Å². The SMILES string of the molecule is C[C@@H]1CC[C@H](c2cccc(F)c2)O1. The second-order valence-electron chi connectivity index (χ2n) is 3.57. The van der Waals surface area contributed by atoms with E-state index in [1.54, 1.807) is 12.1 Å². The molecule has 13 heavy (non-hydrogen) atoms. The van der Waals surface area contributed by atoms with Gasteiger partial charge in [-0.25, -0.2) is 4.39 Å². The molecule has 0 radical (unpaired) electrons. The molecule has 0 unspecified atom stereocenters. The van der Waals surface area contributed by atoms with Gasteiger partial charge < -0.3 is 4.74 Å². The van der Waals surface area contributed by atoms with Crippen molar-refractivity contribution in [1.29, 1.82) is 0 Å². The maximum absolute atomic E-state index is 12.9. The summed E-state index contributed by atoms with van der Waals surface area (Å²) >= 11 is 0. The second kappa shape index (κ2) is 3.46. The van der Waals surface area contributed by atoms with Gasteiger partial charge in [0.05, 0.1) is 12.2 Å². The number of ether oxygens (including phenoxy) is 1. The Balaban J connectivity index is 2.16. The molecule has 1 saturated heterocycles. The minimum Gasteiger partial charge on any atom is -0.371 e. The van der Waals surface area contributed by atoms with E-state index in [1.165, 1.54) is 6.07 Å². The highest BCUT2D eigenvalue weighted by Crippen LogP contribution is 2.32. The predicted molar refractivity (Wildman–Crippen MR) is 48.9 cm³/mol. The van der Waals surface area contributed by atoms with Crippen LogP contribution in [0.3, 0.4) is 0 Å². The lowest BCUT2D eigenvalue weighted by Crippen LogP contribution is -2.00. The number of hydrogen-bond donors (Lipinski definition) is 0. The molecule has 0 N–H and O–H groups in total. The van der Waals surface area contributed by atoms with E-state index >= 15 is 0 Å². The van der Waals surface area contributed by atoms with Gasteiger partial charge in [0, 0.05) is 0 Å².